The van der Waals surface area contributed by atoms with Gasteiger partial charge in [0.25, 0.3) is 0 Å². The number of thioether (sulfide) groups is 2. The molecule has 1 saturated heterocycles. The van der Waals surface area contributed by atoms with E-state index in [4.69, 9.17) is 9.47 Å². The molecule has 1 aliphatic heterocycles. The van der Waals surface area contributed by atoms with E-state index in [9.17, 15) is 9.90 Å². The maximum Gasteiger partial charge on any atom is 0.303 e. The lowest BCUT2D eigenvalue weighted by Gasteiger charge is -2.42. The van der Waals surface area contributed by atoms with Gasteiger partial charge in [0.2, 0.25) is 0 Å². The van der Waals surface area contributed by atoms with E-state index < -0.39 is 10.2 Å². The Labute approximate surface area is 162 Å². The second-order valence-corrected chi connectivity index (χ2v) is 8.98. The molecular weight excluding hydrogens is 368 g/mol. The zero-order valence-electron chi connectivity index (χ0n) is 14.8. The van der Waals surface area contributed by atoms with Gasteiger partial charge in [-0.05, 0) is 35.6 Å². The Kier molecular flexibility index (Phi) is 6.04. The third-order valence-corrected chi connectivity index (χ3v) is 7.63. The molecule has 2 aromatic carbocycles. The van der Waals surface area contributed by atoms with E-state index in [2.05, 4.69) is 12.1 Å². The van der Waals surface area contributed by atoms with Crippen molar-refractivity contribution in [3.63, 3.8) is 0 Å². The molecule has 1 unspecified atom stereocenters. The number of rotatable bonds is 5. The van der Waals surface area contributed by atoms with Crippen molar-refractivity contribution in [2.75, 3.05) is 18.6 Å². The summed E-state index contributed by atoms with van der Waals surface area (Å²) in [6, 6.07) is 15.1. The van der Waals surface area contributed by atoms with Gasteiger partial charge in [-0.2, -0.15) is 0 Å². The molecular formula is C20H22O4S2. The van der Waals surface area contributed by atoms with Gasteiger partial charge < -0.3 is 14.6 Å². The molecule has 1 aliphatic rings. The van der Waals surface area contributed by atoms with E-state index in [-0.39, 0.29) is 11.7 Å². The number of esters is 1. The summed E-state index contributed by atoms with van der Waals surface area (Å²) in [6.07, 6.45) is 0.568. The van der Waals surface area contributed by atoms with Crippen LogP contribution in [0.15, 0.2) is 48.5 Å². The van der Waals surface area contributed by atoms with Crippen LogP contribution >= 0.6 is 23.5 Å². The topological polar surface area (TPSA) is 55.8 Å². The summed E-state index contributed by atoms with van der Waals surface area (Å²) in [7, 11) is 1.55. The lowest BCUT2D eigenvalue weighted by Crippen LogP contribution is -2.33. The van der Waals surface area contributed by atoms with Crippen LogP contribution in [0, 0.1) is 0 Å². The molecule has 138 valence electrons. The maximum atomic E-state index is 11.9. The zero-order valence-corrected chi connectivity index (χ0v) is 16.4. The van der Waals surface area contributed by atoms with Crippen molar-refractivity contribution in [2.45, 2.75) is 23.5 Å². The molecule has 6 heteroatoms. The summed E-state index contributed by atoms with van der Waals surface area (Å²) >= 11 is 3.58. The number of aromatic hydroxyl groups is 1. The molecule has 1 N–H and O–H groups in total. The van der Waals surface area contributed by atoms with Gasteiger partial charge in [-0.3, -0.25) is 4.79 Å². The average Bonchev–Trinajstić information content (AvgIpc) is 2.66. The van der Waals surface area contributed by atoms with Gasteiger partial charge in [0, 0.05) is 18.6 Å². The van der Waals surface area contributed by atoms with Gasteiger partial charge in [-0.15, -0.1) is 23.5 Å². The molecule has 2 aromatic rings. The predicted molar refractivity (Wildman–Crippen MR) is 107 cm³/mol. The van der Waals surface area contributed by atoms with E-state index in [0.717, 1.165) is 29.1 Å². The Balaban J connectivity index is 2.15. The Morgan fingerprint density at radius 2 is 1.85 bits per heavy atom. The van der Waals surface area contributed by atoms with Crippen molar-refractivity contribution in [1.29, 1.82) is 0 Å². The molecule has 4 nitrogen and oxygen atoms in total. The highest BCUT2D eigenvalue weighted by molar-refractivity contribution is 8.18. The number of carbonyl (C=O) groups is 1. The van der Waals surface area contributed by atoms with E-state index >= 15 is 0 Å². The largest absolute Gasteiger partial charge is 0.508 e. The summed E-state index contributed by atoms with van der Waals surface area (Å²) in [5, 5.41) is 10.1. The Hall–Kier alpha value is -1.79. The standard InChI is InChI=1S/C20H22O4S2/c1-14(21)24-19(15-11-17(22)13-18(12-15)23-2)20(25-9-6-10-26-20)16-7-4-3-5-8-16/h3-5,7-8,11-13,19,22H,6,9-10H2,1-2H3. The highest BCUT2D eigenvalue weighted by Crippen LogP contribution is 2.59. The lowest BCUT2D eigenvalue weighted by molar-refractivity contribution is -0.147. The first-order valence-electron chi connectivity index (χ1n) is 8.44. The predicted octanol–water partition coefficient (Wildman–Crippen LogP) is 4.73. The lowest BCUT2D eigenvalue weighted by atomic mass is 9.99. The molecule has 26 heavy (non-hydrogen) atoms. The third kappa shape index (κ3) is 3.96. The van der Waals surface area contributed by atoms with Crippen LogP contribution in [0.5, 0.6) is 11.5 Å². The van der Waals surface area contributed by atoms with Crippen LogP contribution in [-0.2, 0) is 13.6 Å². The van der Waals surface area contributed by atoms with Crippen LogP contribution in [0.4, 0.5) is 0 Å². The molecule has 0 saturated carbocycles. The van der Waals surface area contributed by atoms with Crippen LogP contribution in [0.3, 0.4) is 0 Å². The Bertz CT molecular complexity index is 758. The Morgan fingerprint density at radius 3 is 2.46 bits per heavy atom. The number of carbonyl (C=O) groups excluding carboxylic acids is 1. The maximum absolute atomic E-state index is 11.9. The SMILES string of the molecule is COc1cc(O)cc(C(OC(C)=O)C2(c3ccccc3)SCCCS2)c1. The molecule has 0 aromatic heterocycles. The number of phenols is 1. The normalized spacial score (nSPS) is 17.3. The van der Waals surface area contributed by atoms with E-state index in [1.165, 1.54) is 6.92 Å². The van der Waals surface area contributed by atoms with Gasteiger partial charge >= 0.3 is 5.97 Å². The van der Waals surface area contributed by atoms with Crippen molar-refractivity contribution < 1.29 is 19.4 Å². The number of hydrogen-bond acceptors (Lipinski definition) is 6. The van der Waals surface area contributed by atoms with Gasteiger partial charge in [-0.25, -0.2) is 0 Å². The first kappa shape index (κ1) is 19.0. The number of benzene rings is 2. The van der Waals surface area contributed by atoms with Gasteiger partial charge in [0.05, 0.1) is 7.11 Å². The van der Waals surface area contributed by atoms with Crippen LogP contribution in [0.1, 0.15) is 30.6 Å². The van der Waals surface area contributed by atoms with Gasteiger partial charge in [0.15, 0.2) is 6.10 Å². The van der Waals surface area contributed by atoms with Crippen LogP contribution in [0.25, 0.3) is 0 Å². The smallest absolute Gasteiger partial charge is 0.303 e. The van der Waals surface area contributed by atoms with Crippen molar-refractivity contribution in [3.8, 4) is 11.5 Å². The van der Waals surface area contributed by atoms with Crippen molar-refractivity contribution in [2.24, 2.45) is 0 Å². The van der Waals surface area contributed by atoms with Crippen LogP contribution < -0.4 is 4.74 Å². The average molecular weight is 391 g/mol. The van der Waals surface area contributed by atoms with E-state index in [1.54, 1.807) is 42.8 Å². The number of hydrogen-bond donors (Lipinski definition) is 1. The minimum absolute atomic E-state index is 0.0884. The molecule has 1 atom stereocenters. The minimum Gasteiger partial charge on any atom is -0.508 e. The quantitative estimate of drug-likeness (QED) is 0.745. The second-order valence-electron chi connectivity index (χ2n) is 6.04. The molecule has 0 radical (unpaired) electrons. The minimum atomic E-state index is -0.543. The monoisotopic (exact) mass is 390 g/mol. The molecule has 1 heterocycles. The highest BCUT2D eigenvalue weighted by atomic mass is 32.2. The molecule has 0 bridgehead atoms. The first-order valence-corrected chi connectivity index (χ1v) is 10.4. The highest BCUT2D eigenvalue weighted by Gasteiger charge is 2.46. The van der Waals surface area contributed by atoms with E-state index in [1.807, 2.05) is 24.3 Å². The van der Waals surface area contributed by atoms with Gasteiger partial charge in [0.1, 0.15) is 15.6 Å². The molecule has 3 rings (SSSR count). The van der Waals surface area contributed by atoms with Gasteiger partial charge in [-0.1, -0.05) is 30.3 Å². The number of ether oxygens (including phenoxy) is 2. The summed E-state index contributed by atoms with van der Waals surface area (Å²) in [4.78, 5) is 11.9. The fourth-order valence-corrected chi connectivity index (χ4v) is 6.57. The zero-order chi connectivity index (χ0) is 18.6. The molecule has 0 spiro atoms. The number of phenolic OH excluding ortho intramolecular Hbond substituents is 1. The number of methoxy groups -OCH3 is 1. The summed E-state index contributed by atoms with van der Waals surface area (Å²) in [5.74, 6) is 2.24. The third-order valence-electron chi connectivity index (χ3n) is 4.18. The molecule has 0 amide bonds. The van der Waals surface area contributed by atoms with Crippen LogP contribution in [0.2, 0.25) is 0 Å². The van der Waals surface area contributed by atoms with Crippen molar-refractivity contribution in [1.82, 2.24) is 0 Å². The first-order chi connectivity index (χ1) is 12.5. The van der Waals surface area contributed by atoms with Crippen molar-refractivity contribution >= 4 is 29.5 Å². The summed E-state index contributed by atoms with van der Waals surface area (Å²) < 4.78 is 10.7. The second kappa shape index (κ2) is 8.27. The summed E-state index contributed by atoms with van der Waals surface area (Å²) in [5.41, 5.74) is 1.83. The van der Waals surface area contributed by atoms with Crippen LogP contribution in [-0.4, -0.2) is 29.7 Å². The fourth-order valence-electron chi connectivity index (χ4n) is 3.09. The van der Waals surface area contributed by atoms with E-state index in [0.29, 0.717) is 5.75 Å². The van der Waals surface area contributed by atoms with Crippen molar-refractivity contribution in [3.05, 3.63) is 59.7 Å². The molecule has 1 fully saturated rings. The molecule has 0 aliphatic carbocycles. The Morgan fingerprint density at radius 1 is 1.15 bits per heavy atom. The fraction of sp³-hybridized carbons (Fsp3) is 0.350. The summed E-state index contributed by atoms with van der Waals surface area (Å²) in [6.45, 7) is 1.42.